The molecule has 8 nitrogen and oxygen atoms in total. The topological polar surface area (TPSA) is 85.7 Å². The smallest absolute Gasteiger partial charge is 0.261 e. The minimum absolute atomic E-state index is 0.148. The fourth-order valence-electron chi connectivity index (χ4n) is 3.71. The number of hydrogen-bond donors (Lipinski definition) is 1. The van der Waals surface area contributed by atoms with Crippen LogP contribution in [0.4, 0.5) is 5.82 Å². The molecular weight excluding hydrogens is 480 g/mol. The third-order valence-electron chi connectivity index (χ3n) is 5.57. The molecular formula is C27H33ClN4O4. The third kappa shape index (κ3) is 6.18. The lowest BCUT2D eigenvalue weighted by Crippen LogP contribution is -2.39. The number of benzene rings is 2. The summed E-state index contributed by atoms with van der Waals surface area (Å²) in [7, 11) is 2.99. The van der Waals surface area contributed by atoms with E-state index in [0.29, 0.717) is 35.3 Å². The molecule has 0 aliphatic rings. The maximum Gasteiger partial charge on any atom is 0.261 e. The maximum atomic E-state index is 13.5. The normalized spacial score (nSPS) is 11.2. The van der Waals surface area contributed by atoms with Gasteiger partial charge in [-0.2, -0.15) is 5.10 Å². The second kappa shape index (κ2) is 11.5. The molecule has 0 fully saturated rings. The molecule has 0 unspecified atom stereocenters. The zero-order chi connectivity index (χ0) is 26.5. The van der Waals surface area contributed by atoms with E-state index in [1.54, 1.807) is 35.0 Å². The van der Waals surface area contributed by atoms with Crippen LogP contribution in [0.5, 0.6) is 11.5 Å². The fourth-order valence-corrected chi connectivity index (χ4v) is 3.84. The van der Waals surface area contributed by atoms with E-state index < -0.39 is 0 Å². The molecule has 0 saturated heterocycles. The maximum absolute atomic E-state index is 13.5. The molecule has 1 N–H and O–H groups in total. The van der Waals surface area contributed by atoms with Crippen LogP contribution in [-0.2, 0) is 10.2 Å². The van der Waals surface area contributed by atoms with Crippen molar-refractivity contribution >= 4 is 29.2 Å². The van der Waals surface area contributed by atoms with Crippen LogP contribution in [0.15, 0.2) is 48.5 Å². The van der Waals surface area contributed by atoms with E-state index in [4.69, 9.17) is 26.2 Å². The highest BCUT2D eigenvalue weighted by Crippen LogP contribution is 2.30. The first-order valence-corrected chi connectivity index (χ1v) is 12.1. The second-order valence-electron chi connectivity index (χ2n) is 9.37. The molecule has 3 aromatic rings. The Morgan fingerprint density at radius 2 is 1.67 bits per heavy atom. The van der Waals surface area contributed by atoms with Crippen molar-refractivity contribution in [1.82, 2.24) is 14.7 Å². The Morgan fingerprint density at radius 1 is 1.06 bits per heavy atom. The largest absolute Gasteiger partial charge is 0.496 e. The van der Waals surface area contributed by atoms with Gasteiger partial charge in [0.1, 0.15) is 29.4 Å². The average Bonchev–Trinajstić information content (AvgIpc) is 3.27. The van der Waals surface area contributed by atoms with E-state index >= 15 is 0 Å². The SMILES string of the molecule is CCCN(CC(=O)Nc1cc(C(C)(C)C)nn1-c1ccc(Cl)cc1)C(=O)c1c(OC)cccc1OC. The number of hydrogen-bond acceptors (Lipinski definition) is 5. The second-order valence-corrected chi connectivity index (χ2v) is 9.80. The van der Waals surface area contributed by atoms with Gasteiger partial charge in [-0.1, -0.05) is 45.4 Å². The molecule has 2 aromatic carbocycles. The molecule has 9 heteroatoms. The first-order valence-electron chi connectivity index (χ1n) is 11.8. The summed E-state index contributed by atoms with van der Waals surface area (Å²) in [5, 5.41) is 8.27. The summed E-state index contributed by atoms with van der Waals surface area (Å²) in [6.07, 6.45) is 0.674. The van der Waals surface area contributed by atoms with Crippen molar-refractivity contribution < 1.29 is 19.1 Å². The van der Waals surface area contributed by atoms with Gasteiger partial charge in [0, 0.05) is 23.0 Å². The Hall–Kier alpha value is -3.52. The van der Waals surface area contributed by atoms with Gasteiger partial charge in [-0.05, 0) is 42.8 Å². The molecule has 0 atom stereocenters. The molecule has 0 spiro atoms. The van der Waals surface area contributed by atoms with E-state index in [0.717, 1.165) is 11.4 Å². The number of nitrogens with zero attached hydrogens (tertiary/aromatic N) is 3. The lowest BCUT2D eigenvalue weighted by atomic mass is 9.92. The van der Waals surface area contributed by atoms with E-state index in [9.17, 15) is 9.59 Å². The van der Waals surface area contributed by atoms with E-state index in [1.807, 2.05) is 25.1 Å². The Balaban J connectivity index is 1.90. The molecule has 36 heavy (non-hydrogen) atoms. The summed E-state index contributed by atoms with van der Waals surface area (Å²) in [6.45, 7) is 8.34. The van der Waals surface area contributed by atoms with Crippen molar-refractivity contribution in [3.63, 3.8) is 0 Å². The van der Waals surface area contributed by atoms with Crippen molar-refractivity contribution in [1.29, 1.82) is 0 Å². The van der Waals surface area contributed by atoms with E-state index in [2.05, 4.69) is 26.1 Å². The number of amides is 2. The summed E-state index contributed by atoms with van der Waals surface area (Å²) in [4.78, 5) is 28.2. The molecule has 0 aliphatic heterocycles. The van der Waals surface area contributed by atoms with Crippen LogP contribution in [0, 0.1) is 0 Å². The highest BCUT2D eigenvalue weighted by molar-refractivity contribution is 6.30. The van der Waals surface area contributed by atoms with Gasteiger partial charge < -0.3 is 19.7 Å². The summed E-state index contributed by atoms with van der Waals surface area (Å²) < 4.78 is 12.5. The number of ether oxygens (including phenoxy) is 2. The van der Waals surface area contributed by atoms with Crippen molar-refractivity contribution in [3.05, 3.63) is 64.8 Å². The number of halogens is 1. The predicted octanol–water partition coefficient (Wildman–Crippen LogP) is 5.33. The van der Waals surface area contributed by atoms with Gasteiger partial charge in [-0.25, -0.2) is 4.68 Å². The van der Waals surface area contributed by atoms with Gasteiger partial charge in [-0.15, -0.1) is 0 Å². The molecule has 0 saturated carbocycles. The lowest BCUT2D eigenvalue weighted by Gasteiger charge is -2.23. The quantitative estimate of drug-likeness (QED) is 0.418. The van der Waals surface area contributed by atoms with Crippen molar-refractivity contribution in [2.75, 3.05) is 32.6 Å². The number of aromatic nitrogens is 2. The number of methoxy groups -OCH3 is 2. The Labute approximate surface area is 217 Å². The number of rotatable bonds is 9. The molecule has 3 rings (SSSR count). The predicted molar refractivity (Wildman–Crippen MR) is 142 cm³/mol. The van der Waals surface area contributed by atoms with Crippen molar-refractivity contribution in [2.24, 2.45) is 0 Å². The molecule has 0 radical (unpaired) electrons. The number of carbonyl (C=O) groups is 2. The fraction of sp³-hybridized carbons (Fsp3) is 0.370. The Bertz CT molecular complexity index is 1190. The average molecular weight is 513 g/mol. The third-order valence-corrected chi connectivity index (χ3v) is 5.83. The number of carbonyl (C=O) groups excluding carboxylic acids is 2. The van der Waals surface area contributed by atoms with Gasteiger partial charge in [0.25, 0.3) is 5.91 Å². The van der Waals surface area contributed by atoms with Crippen LogP contribution < -0.4 is 14.8 Å². The van der Waals surface area contributed by atoms with Crippen LogP contribution >= 0.6 is 11.6 Å². The molecule has 192 valence electrons. The summed E-state index contributed by atoms with van der Waals surface area (Å²) in [5.74, 6) is 0.586. The van der Waals surface area contributed by atoms with E-state index in [-0.39, 0.29) is 29.3 Å². The Kier molecular flexibility index (Phi) is 8.63. The number of anilines is 1. The molecule has 2 amide bonds. The Morgan fingerprint density at radius 3 is 2.19 bits per heavy atom. The van der Waals surface area contributed by atoms with Gasteiger partial charge >= 0.3 is 0 Å². The van der Waals surface area contributed by atoms with Gasteiger partial charge in [0.05, 0.1) is 25.6 Å². The van der Waals surface area contributed by atoms with Crippen LogP contribution in [0.2, 0.25) is 5.02 Å². The standard InChI is InChI=1S/C27H33ClN4O4/c1-7-15-31(26(34)25-20(35-5)9-8-10-21(25)36-6)17-24(33)29-23-16-22(27(2,3)4)30-32(23)19-13-11-18(28)12-14-19/h8-14,16H,7,15,17H2,1-6H3,(H,29,33). The zero-order valence-corrected chi connectivity index (χ0v) is 22.3. The summed E-state index contributed by atoms with van der Waals surface area (Å²) in [5.41, 5.74) is 1.62. The van der Waals surface area contributed by atoms with E-state index in [1.165, 1.54) is 19.1 Å². The van der Waals surface area contributed by atoms with Crippen LogP contribution in [-0.4, -0.2) is 53.8 Å². The highest BCUT2D eigenvalue weighted by Gasteiger charge is 2.26. The zero-order valence-electron chi connectivity index (χ0n) is 21.6. The summed E-state index contributed by atoms with van der Waals surface area (Å²) >= 11 is 6.06. The number of nitrogens with one attached hydrogen (secondary N) is 1. The van der Waals surface area contributed by atoms with Gasteiger partial charge in [0.2, 0.25) is 5.91 Å². The van der Waals surface area contributed by atoms with Crippen molar-refractivity contribution in [3.8, 4) is 17.2 Å². The van der Waals surface area contributed by atoms with Crippen LogP contribution in [0.3, 0.4) is 0 Å². The van der Waals surface area contributed by atoms with Crippen molar-refractivity contribution in [2.45, 2.75) is 39.5 Å². The molecule has 0 bridgehead atoms. The van der Waals surface area contributed by atoms with Crippen LogP contribution in [0.1, 0.15) is 50.2 Å². The van der Waals surface area contributed by atoms with Gasteiger partial charge in [-0.3, -0.25) is 9.59 Å². The summed E-state index contributed by atoms with van der Waals surface area (Å²) in [6, 6.07) is 14.2. The first-order chi connectivity index (χ1) is 17.1. The highest BCUT2D eigenvalue weighted by atomic mass is 35.5. The first kappa shape index (κ1) is 27.1. The minimum atomic E-state index is -0.346. The lowest BCUT2D eigenvalue weighted by molar-refractivity contribution is -0.116. The minimum Gasteiger partial charge on any atom is -0.496 e. The molecule has 0 aliphatic carbocycles. The monoisotopic (exact) mass is 512 g/mol. The van der Waals surface area contributed by atoms with Gasteiger partial charge in [0.15, 0.2) is 0 Å². The molecule has 1 aromatic heterocycles. The van der Waals surface area contributed by atoms with Crippen LogP contribution in [0.25, 0.3) is 5.69 Å². The molecule has 1 heterocycles.